The van der Waals surface area contributed by atoms with Crippen molar-refractivity contribution in [3.8, 4) is 0 Å². The molecule has 0 radical (unpaired) electrons. The number of carbonyl (C=O) groups is 2. The maximum Gasteiger partial charge on any atom is 0.255 e. The van der Waals surface area contributed by atoms with Gasteiger partial charge in [-0.25, -0.2) is 4.98 Å². The van der Waals surface area contributed by atoms with Gasteiger partial charge in [0, 0.05) is 47.3 Å². The average molecular weight is 383 g/mol. The third kappa shape index (κ3) is 5.18. The summed E-state index contributed by atoms with van der Waals surface area (Å²) in [7, 11) is 0. The van der Waals surface area contributed by atoms with Gasteiger partial charge in [0.15, 0.2) is 0 Å². The second kappa shape index (κ2) is 8.51. The summed E-state index contributed by atoms with van der Waals surface area (Å²) in [6, 6.07) is 12.1. The molecule has 0 spiro atoms. The zero-order valence-corrected chi connectivity index (χ0v) is 15.5. The Balaban J connectivity index is 1.61. The minimum Gasteiger partial charge on any atom is -0.337 e. The van der Waals surface area contributed by atoms with Crippen LogP contribution in [-0.2, 0) is 11.3 Å². The van der Waals surface area contributed by atoms with Gasteiger partial charge in [0.2, 0.25) is 5.91 Å². The van der Waals surface area contributed by atoms with Crippen LogP contribution in [0.25, 0.3) is 0 Å². The Labute approximate surface area is 162 Å². The maximum absolute atomic E-state index is 12.5. The summed E-state index contributed by atoms with van der Waals surface area (Å²) in [5.74, 6) is -0.406. The number of nitrogens with zero attached hydrogens (tertiary/aromatic N) is 2. The van der Waals surface area contributed by atoms with Gasteiger partial charge in [-0.05, 0) is 42.8 Å². The molecule has 0 unspecified atom stereocenters. The first-order valence-corrected chi connectivity index (χ1v) is 8.82. The van der Waals surface area contributed by atoms with Crippen molar-refractivity contribution in [1.29, 1.82) is 0 Å². The Morgan fingerprint density at radius 1 is 1.11 bits per heavy atom. The predicted molar refractivity (Wildman–Crippen MR) is 106 cm³/mol. The first-order valence-electron chi connectivity index (χ1n) is 8.44. The standard InChI is InChI=1S/C20H19ClN4O2/c1-14-5-6-17(12-18(14)21)24-20(27)15-3-2-4-16(11-15)23-19(26)7-9-25-10-8-22-13-25/h2-6,8,10-13H,7,9H2,1H3,(H,23,26)(H,24,27). The van der Waals surface area contributed by atoms with Gasteiger partial charge >= 0.3 is 0 Å². The lowest BCUT2D eigenvalue weighted by Crippen LogP contribution is -2.15. The van der Waals surface area contributed by atoms with Crippen LogP contribution in [0, 0.1) is 6.92 Å². The summed E-state index contributed by atoms with van der Waals surface area (Å²) >= 11 is 6.09. The third-order valence-electron chi connectivity index (χ3n) is 3.99. The fourth-order valence-corrected chi connectivity index (χ4v) is 2.67. The highest BCUT2D eigenvalue weighted by molar-refractivity contribution is 6.31. The number of imidazole rings is 1. The number of amides is 2. The number of carbonyl (C=O) groups excluding carboxylic acids is 2. The van der Waals surface area contributed by atoms with E-state index in [1.54, 1.807) is 55.1 Å². The molecule has 0 bridgehead atoms. The van der Waals surface area contributed by atoms with Crippen molar-refractivity contribution < 1.29 is 9.59 Å². The van der Waals surface area contributed by atoms with E-state index in [0.29, 0.717) is 34.9 Å². The number of aromatic nitrogens is 2. The summed E-state index contributed by atoms with van der Waals surface area (Å²) in [6.07, 6.45) is 5.45. The molecule has 138 valence electrons. The lowest BCUT2D eigenvalue weighted by molar-refractivity contribution is -0.116. The number of nitrogens with one attached hydrogen (secondary N) is 2. The molecule has 6 nitrogen and oxygen atoms in total. The number of hydrogen-bond acceptors (Lipinski definition) is 3. The third-order valence-corrected chi connectivity index (χ3v) is 4.40. The van der Waals surface area contributed by atoms with Crippen LogP contribution < -0.4 is 10.6 Å². The van der Waals surface area contributed by atoms with E-state index in [9.17, 15) is 9.59 Å². The predicted octanol–water partition coefficient (Wildman–Crippen LogP) is 4.13. The molecule has 2 aromatic carbocycles. The number of aryl methyl sites for hydroxylation is 2. The van der Waals surface area contributed by atoms with Gasteiger partial charge in [-0.2, -0.15) is 0 Å². The van der Waals surface area contributed by atoms with E-state index in [1.165, 1.54) is 0 Å². The van der Waals surface area contributed by atoms with E-state index in [4.69, 9.17) is 11.6 Å². The monoisotopic (exact) mass is 382 g/mol. The number of halogens is 1. The topological polar surface area (TPSA) is 76.0 Å². The van der Waals surface area contributed by atoms with Crippen LogP contribution >= 0.6 is 11.6 Å². The minimum atomic E-state index is -0.274. The molecule has 0 saturated heterocycles. The van der Waals surface area contributed by atoms with Crippen LogP contribution in [0.4, 0.5) is 11.4 Å². The number of hydrogen-bond donors (Lipinski definition) is 2. The summed E-state index contributed by atoms with van der Waals surface area (Å²) < 4.78 is 1.83. The normalized spacial score (nSPS) is 10.4. The Bertz CT molecular complexity index is 954. The molecule has 27 heavy (non-hydrogen) atoms. The molecule has 3 rings (SSSR count). The minimum absolute atomic E-state index is 0.133. The zero-order valence-electron chi connectivity index (χ0n) is 14.8. The smallest absolute Gasteiger partial charge is 0.255 e. The van der Waals surface area contributed by atoms with Crippen molar-refractivity contribution in [2.24, 2.45) is 0 Å². The van der Waals surface area contributed by atoms with E-state index >= 15 is 0 Å². The van der Waals surface area contributed by atoms with Crippen LogP contribution in [0.5, 0.6) is 0 Å². The number of rotatable bonds is 6. The SMILES string of the molecule is Cc1ccc(NC(=O)c2cccc(NC(=O)CCn3ccnc3)c2)cc1Cl. The van der Waals surface area contributed by atoms with Gasteiger partial charge in [-0.3, -0.25) is 9.59 Å². The summed E-state index contributed by atoms with van der Waals surface area (Å²) in [4.78, 5) is 28.5. The Kier molecular flexibility index (Phi) is 5.88. The molecule has 2 amide bonds. The Morgan fingerprint density at radius 2 is 1.93 bits per heavy atom. The van der Waals surface area contributed by atoms with Gasteiger partial charge in [-0.1, -0.05) is 23.7 Å². The molecule has 0 aliphatic heterocycles. The Morgan fingerprint density at radius 3 is 2.67 bits per heavy atom. The highest BCUT2D eigenvalue weighted by Crippen LogP contribution is 2.21. The van der Waals surface area contributed by atoms with Gasteiger partial charge in [-0.15, -0.1) is 0 Å². The van der Waals surface area contributed by atoms with Gasteiger partial charge in [0.05, 0.1) is 6.33 Å². The summed E-state index contributed by atoms with van der Waals surface area (Å²) in [5.41, 5.74) is 2.57. The van der Waals surface area contributed by atoms with Gasteiger partial charge in [0.1, 0.15) is 0 Å². The van der Waals surface area contributed by atoms with E-state index in [2.05, 4.69) is 15.6 Å². The highest BCUT2D eigenvalue weighted by Gasteiger charge is 2.09. The van der Waals surface area contributed by atoms with Crippen molar-refractivity contribution in [2.75, 3.05) is 10.6 Å². The first kappa shape index (κ1) is 18.7. The van der Waals surface area contributed by atoms with Crippen LogP contribution in [0.1, 0.15) is 22.3 Å². The highest BCUT2D eigenvalue weighted by atomic mass is 35.5. The van der Waals surface area contributed by atoms with Crippen molar-refractivity contribution >= 4 is 34.8 Å². The molecule has 7 heteroatoms. The molecule has 2 N–H and O–H groups in total. The molecule has 0 aliphatic carbocycles. The molecule has 1 heterocycles. The number of benzene rings is 2. The number of anilines is 2. The quantitative estimate of drug-likeness (QED) is 0.673. The molecule has 3 aromatic rings. The van der Waals surface area contributed by atoms with Crippen LogP contribution in [-0.4, -0.2) is 21.4 Å². The van der Waals surface area contributed by atoms with E-state index in [0.717, 1.165) is 5.56 Å². The molecule has 0 aliphatic rings. The molecule has 0 saturated carbocycles. The fraction of sp³-hybridized carbons (Fsp3) is 0.150. The van der Waals surface area contributed by atoms with E-state index in [-0.39, 0.29) is 11.8 Å². The van der Waals surface area contributed by atoms with Crippen molar-refractivity contribution in [3.05, 3.63) is 77.3 Å². The van der Waals surface area contributed by atoms with Crippen LogP contribution in [0.2, 0.25) is 5.02 Å². The molecular formula is C20H19ClN4O2. The largest absolute Gasteiger partial charge is 0.337 e. The first-order chi connectivity index (χ1) is 13.0. The van der Waals surface area contributed by atoms with Crippen molar-refractivity contribution in [2.45, 2.75) is 19.9 Å². The van der Waals surface area contributed by atoms with Crippen molar-refractivity contribution in [3.63, 3.8) is 0 Å². The lowest BCUT2D eigenvalue weighted by Gasteiger charge is -2.09. The van der Waals surface area contributed by atoms with Crippen LogP contribution in [0.15, 0.2) is 61.2 Å². The summed E-state index contributed by atoms with van der Waals surface area (Å²) in [5, 5.41) is 6.20. The van der Waals surface area contributed by atoms with Crippen LogP contribution in [0.3, 0.4) is 0 Å². The summed E-state index contributed by atoms with van der Waals surface area (Å²) in [6.45, 7) is 2.44. The average Bonchev–Trinajstić information content (AvgIpc) is 3.17. The van der Waals surface area contributed by atoms with Gasteiger partial charge < -0.3 is 15.2 Å². The van der Waals surface area contributed by atoms with E-state index in [1.807, 2.05) is 17.6 Å². The molecule has 0 atom stereocenters. The fourth-order valence-electron chi connectivity index (χ4n) is 2.49. The zero-order chi connectivity index (χ0) is 19.2. The Hall–Kier alpha value is -3.12. The lowest BCUT2D eigenvalue weighted by atomic mass is 10.1. The van der Waals surface area contributed by atoms with E-state index < -0.39 is 0 Å². The maximum atomic E-state index is 12.5. The molecule has 0 fully saturated rings. The van der Waals surface area contributed by atoms with Crippen molar-refractivity contribution in [1.82, 2.24) is 9.55 Å². The van der Waals surface area contributed by atoms with Gasteiger partial charge in [0.25, 0.3) is 5.91 Å². The second-order valence-corrected chi connectivity index (χ2v) is 6.50. The molecular weight excluding hydrogens is 364 g/mol. The second-order valence-electron chi connectivity index (χ2n) is 6.10. The molecule has 1 aromatic heterocycles.